The predicted octanol–water partition coefficient (Wildman–Crippen LogP) is 7.08. The average molecular weight is 336 g/mol. The fourth-order valence-electron chi connectivity index (χ4n) is 3.89. The van der Waals surface area contributed by atoms with Gasteiger partial charge < -0.3 is 5.32 Å². The van der Waals surface area contributed by atoms with Crippen molar-refractivity contribution in [3.8, 4) is 0 Å². The molecule has 0 fully saturated rings. The van der Waals surface area contributed by atoms with E-state index >= 15 is 0 Å². The molecule has 0 aromatic heterocycles. The van der Waals surface area contributed by atoms with Gasteiger partial charge in [-0.1, -0.05) is 66.7 Å². The van der Waals surface area contributed by atoms with Crippen LogP contribution in [0.25, 0.3) is 0 Å². The van der Waals surface area contributed by atoms with E-state index in [4.69, 9.17) is 0 Å². The molecule has 1 N–H and O–H groups in total. The number of hydrogen-bond acceptors (Lipinski definition) is 1. The van der Waals surface area contributed by atoms with Crippen LogP contribution in [0.15, 0.2) is 42.5 Å². The molecule has 1 heteroatoms. The Hall–Kier alpha value is -1.76. The van der Waals surface area contributed by atoms with Crippen LogP contribution in [0.4, 0.5) is 11.4 Å². The number of hydrogen-bond donors (Lipinski definition) is 1. The van der Waals surface area contributed by atoms with Crippen molar-refractivity contribution in [2.24, 2.45) is 0 Å². The fraction of sp³-hybridized carbons (Fsp3) is 0.500. The van der Waals surface area contributed by atoms with E-state index in [1.807, 2.05) is 0 Å². The number of rotatable bonds is 2. The van der Waals surface area contributed by atoms with Crippen LogP contribution in [0, 0.1) is 0 Å². The minimum Gasteiger partial charge on any atom is -0.356 e. The zero-order valence-corrected chi connectivity index (χ0v) is 17.0. The highest BCUT2D eigenvalue weighted by Gasteiger charge is 2.36. The summed E-state index contributed by atoms with van der Waals surface area (Å²) in [6.45, 7) is 16.3. The molecule has 0 radical (unpaired) electrons. The number of nitrogens with one attached hydrogen (secondary N) is 1. The molecule has 0 bridgehead atoms. The van der Waals surface area contributed by atoms with Crippen LogP contribution in [0.1, 0.15) is 78.0 Å². The lowest BCUT2D eigenvalue weighted by molar-refractivity contribution is 0.332. The van der Waals surface area contributed by atoms with E-state index in [0.29, 0.717) is 0 Å². The Morgan fingerprint density at radius 2 is 1.24 bits per heavy atom. The molecule has 0 saturated carbocycles. The molecule has 0 aliphatic heterocycles. The third kappa shape index (κ3) is 3.61. The molecule has 1 aliphatic rings. The molecule has 2 aromatic carbocycles. The maximum atomic E-state index is 3.60. The van der Waals surface area contributed by atoms with E-state index in [2.05, 4.69) is 96.2 Å². The van der Waals surface area contributed by atoms with Gasteiger partial charge >= 0.3 is 0 Å². The molecule has 0 saturated heterocycles. The highest BCUT2D eigenvalue weighted by atomic mass is 14.9. The third-order valence-corrected chi connectivity index (χ3v) is 5.89. The Balaban J connectivity index is 1.90. The maximum Gasteiger partial charge on any atom is 0.0387 e. The summed E-state index contributed by atoms with van der Waals surface area (Å²) in [5, 5.41) is 3.60. The van der Waals surface area contributed by atoms with Crippen LogP contribution < -0.4 is 5.32 Å². The molecule has 0 heterocycles. The van der Waals surface area contributed by atoms with E-state index < -0.39 is 0 Å². The summed E-state index contributed by atoms with van der Waals surface area (Å²) in [4.78, 5) is 0. The summed E-state index contributed by atoms with van der Waals surface area (Å²) >= 11 is 0. The van der Waals surface area contributed by atoms with Crippen molar-refractivity contribution in [1.29, 1.82) is 0 Å². The molecule has 0 atom stereocenters. The highest BCUT2D eigenvalue weighted by Crippen LogP contribution is 2.46. The summed E-state index contributed by atoms with van der Waals surface area (Å²) in [5.41, 5.74) is 7.44. The van der Waals surface area contributed by atoms with Crippen molar-refractivity contribution >= 4 is 11.4 Å². The minimum absolute atomic E-state index is 0.194. The summed E-state index contributed by atoms with van der Waals surface area (Å²) in [5.74, 6) is 0. The molecule has 1 aliphatic carbocycles. The van der Waals surface area contributed by atoms with Gasteiger partial charge in [-0.3, -0.25) is 0 Å². The minimum atomic E-state index is 0.194. The van der Waals surface area contributed by atoms with Crippen LogP contribution in [-0.2, 0) is 16.2 Å². The van der Waals surface area contributed by atoms with Crippen molar-refractivity contribution in [3.05, 3.63) is 59.2 Å². The zero-order chi connectivity index (χ0) is 18.5. The van der Waals surface area contributed by atoms with E-state index in [9.17, 15) is 0 Å². The Morgan fingerprint density at radius 3 is 1.80 bits per heavy atom. The molecule has 0 amide bonds. The molecule has 0 spiro atoms. The van der Waals surface area contributed by atoms with Crippen LogP contribution in [-0.4, -0.2) is 0 Å². The average Bonchev–Trinajstić information content (AvgIpc) is 2.52. The van der Waals surface area contributed by atoms with Crippen molar-refractivity contribution in [2.45, 2.75) is 77.6 Å². The van der Waals surface area contributed by atoms with Crippen LogP contribution in [0.3, 0.4) is 0 Å². The molecule has 134 valence electrons. The third-order valence-electron chi connectivity index (χ3n) is 5.89. The summed E-state index contributed by atoms with van der Waals surface area (Å²) in [7, 11) is 0. The molecule has 0 unspecified atom stereocenters. The molecule has 25 heavy (non-hydrogen) atoms. The first-order valence-electron chi connectivity index (χ1n) is 9.52. The zero-order valence-electron chi connectivity index (χ0n) is 17.0. The Morgan fingerprint density at radius 1 is 0.720 bits per heavy atom. The monoisotopic (exact) mass is 335 g/mol. The van der Waals surface area contributed by atoms with Crippen LogP contribution >= 0.6 is 0 Å². The summed E-state index contributed by atoms with van der Waals surface area (Å²) in [6.07, 6.45) is 2.50. The van der Waals surface area contributed by atoms with E-state index in [1.165, 1.54) is 35.2 Å². The van der Waals surface area contributed by atoms with E-state index in [1.54, 1.807) is 0 Å². The summed E-state index contributed by atoms with van der Waals surface area (Å²) in [6, 6.07) is 15.8. The van der Waals surface area contributed by atoms with E-state index in [-0.39, 0.29) is 16.2 Å². The second-order valence-electron chi connectivity index (χ2n) is 9.98. The van der Waals surface area contributed by atoms with Gasteiger partial charge in [0.15, 0.2) is 0 Å². The Kier molecular flexibility index (Phi) is 4.26. The summed E-state index contributed by atoms with van der Waals surface area (Å²) < 4.78 is 0. The van der Waals surface area contributed by atoms with Crippen molar-refractivity contribution in [1.82, 2.24) is 0 Å². The molecular formula is C24H33N. The standard InChI is InChI=1S/C24H33N/c1-22(2,3)17-8-10-18(11-9-17)25-19-12-13-20-21(16-19)24(6,7)15-14-23(20,4)5/h8-13,16,25H,14-15H2,1-7H3. The van der Waals surface area contributed by atoms with Crippen LogP contribution in [0.2, 0.25) is 0 Å². The first-order chi connectivity index (χ1) is 11.5. The molecule has 2 aromatic rings. The van der Waals surface area contributed by atoms with Crippen molar-refractivity contribution < 1.29 is 0 Å². The van der Waals surface area contributed by atoms with Gasteiger partial charge in [0.25, 0.3) is 0 Å². The number of anilines is 2. The van der Waals surface area contributed by atoms with Gasteiger partial charge in [0.1, 0.15) is 0 Å². The number of fused-ring (bicyclic) bond motifs is 1. The smallest absolute Gasteiger partial charge is 0.0387 e. The highest BCUT2D eigenvalue weighted by molar-refractivity contribution is 5.63. The quantitative estimate of drug-likeness (QED) is 0.618. The van der Waals surface area contributed by atoms with Gasteiger partial charge in [0.05, 0.1) is 0 Å². The maximum absolute atomic E-state index is 3.60. The van der Waals surface area contributed by atoms with Gasteiger partial charge in [0.2, 0.25) is 0 Å². The Labute approximate surface area is 153 Å². The molecule has 1 nitrogen and oxygen atoms in total. The lowest BCUT2D eigenvalue weighted by Crippen LogP contribution is -2.33. The van der Waals surface area contributed by atoms with Gasteiger partial charge in [-0.15, -0.1) is 0 Å². The molecular weight excluding hydrogens is 302 g/mol. The van der Waals surface area contributed by atoms with Gasteiger partial charge in [-0.25, -0.2) is 0 Å². The molecule has 3 rings (SSSR count). The lowest BCUT2D eigenvalue weighted by Gasteiger charge is -2.42. The van der Waals surface area contributed by atoms with E-state index in [0.717, 1.165) is 5.69 Å². The van der Waals surface area contributed by atoms with Gasteiger partial charge in [-0.05, 0) is 70.0 Å². The van der Waals surface area contributed by atoms with Gasteiger partial charge in [0, 0.05) is 11.4 Å². The first-order valence-corrected chi connectivity index (χ1v) is 9.52. The topological polar surface area (TPSA) is 12.0 Å². The van der Waals surface area contributed by atoms with Crippen LogP contribution in [0.5, 0.6) is 0 Å². The number of benzene rings is 2. The SMILES string of the molecule is CC(C)(C)c1ccc(Nc2ccc3c(c2)C(C)(C)CCC3(C)C)cc1. The van der Waals surface area contributed by atoms with Gasteiger partial charge in [-0.2, -0.15) is 0 Å². The lowest BCUT2D eigenvalue weighted by atomic mass is 9.63. The largest absolute Gasteiger partial charge is 0.356 e. The van der Waals surface area contributed by atoms with Crippen molar-refractivity contribution in [2.75, 3.05) is 5.32 Å². The Bertz CT molecular complexity index is 758. The second kappa shape index (κ2) is 5.90. The fourth-order valence-corrected chi connectivity index (χ4v) is 3.89. The second-order valence-corrected chi connectivity index (χ2v) is 9.98. The predicted molar refractivity (Wildman–Crippen MR) is 110 cm³/mol. The first kappa shape index (κ1) is 18.0. The van der Waals surface area contributed by atoms with Crippen molar-refractivity contribution in [3.63, 3.8) is 0 Å². The normalized spacial score (nSPS) is 18.5.